The molecule has 2 N–H and O–H groups in total. The molecular formula is C13H15N3S2. The number of hydrogen-bond acceptors (Lipinski definition) is 3. The molecule has 18 heavy (non-hydrogen) atoms. The average Bonchev–Trinajstić information content (AvgIpc) is 2.88. The maximum Gasteiger partial charge on any atom is 0.187 e. The van der Waals surface area contributed by atoms with Crippen LogP contribution < -0.4 is 10.7 Å². The normalized spacial score (nSPS) is 11.3. The van der Waals surface area contributed by atoms with E-state index in [0.717, 1.165) is 0 Å². The van der Waals surface area contributed by atoms with Crippen molar-refractivity contribution in [3.8, 4) is 0 Å². The Morgan fingerprint density at radius 2 is 2.33 bits per heavy atom. The Balaban J connectivity index is 2.19. The highest BCUT2D eigenvalue weighted by Gasteiger charge is 1.86. The van der Waals surface area contributed by atoms with Crippen LogP contribution in [0.4, 0.5) is 0 Å². The third-order valence-electron chi connectivity index (χ3n) is 1.76. The van der Waals surface area contributed by atoms with Crippen LogP contribution in [0.5, 0.6) is 0 Å². The molecule has 1 rings (SSSR count). The molecule has 1 heterocycles. The Morgan fingerprint density at radius 3 is 3.06 bits per heavy atom. The monoisotopic (exact) mass is 277 g/mol. The molecular weight excluding hydrogens is 262 g/mol. The Labute approximate surface area is 117 Å². The molecule has 1 aromatic heterocycles. The molecule has 0 fully saturated rings. The van der Waals surface area contributed by atoms with Crippen molar-refractivity contribution in [3.63, 3.8) is 0 Å². The van der Waals surface area contributed by atoms with Gasteiger partial charge in [-0.05, 0) is 35.8 Å². The lowest BCUT2D eigenvalue weighted by Gasteiger charge is -2.01. The van der Waals surface area contributed by atoms with Crippen molar-refractivity contribution < 1.29 is 0 Å². The molecule has 0 aliphatic heterocycles. The van der Waals surface area contributed by atoms with E-state index in [4.69, 9.17) is 12.2 Å². The van der Waals surface area contributed by atoms with E-state index in [1.165, 1.54) is 4.88 Å². The number of allylic oxidation sites excluding steroid dienone is 3. The topological polar surface area (TPSA) is 36.4 Å². The van der Waals surface area contributed by atoms with E-state index in [1.807, 2.05) is 35.8 Å². The summed E-state index contributed by atoms with van der Waals surface area (Å²) in [7, 11) is 0. The Bertz CT molecular complexity index is 445. The third kappa shape index (κ3) is 6.78. The minimum atomic E-state index is 0.480. The van der Waals surface area contributed by atoms with Gasteiger partial charge in [-0.15, -0.1) is 17.9 Å². The van der Waals surface area contributed by atoms with Crippen molar-refractivity contribution in [2.24, 2.45) is 5.10 Å². The van der Waals surface area contributed by atoms with Crippen LogP contribution in [0.15, 0.2) is 53.5 Å². The average molecular weight is 277 g/mol. The summed E-state index contributed by atoms with van der Waals surface area (Å²) in [5.41, 5.74) is 2.69. The van der Waals surface area contributed by atoms with Crippen LogP contribution in [0.3, 0.4) is 0 Å². The maximum absolute atomic E-state index is 4.95. The predicted molar refractivity (Wildman–Crippen MR) is 84.9 cm³/mol. The van der Waals surface area contributed by atoms with Gasteiger partial charge in [0, 0.05) is 17.6 Å². The van der Waals surface area contributed by atoms with Crippen molar-refractivity contribution in [1.82, 2.24) is 10.7 Å². The van der Waals surface area contributed by atoms with E-state index in [9.17, 15) is 0 Å². The Hall–Kier alpha value is -1.72. The van der Waals surface area contributed by atoms with Crippen LogP contribution in [-0.4, -0.2) is 17.9 Å². The van der Waals surface area contributed by atoms with E-state index >= 15 is 0 Å². The summed E-state index contributed by atoms with van der Waals surface area (Å²) in [4.78, 5) is 1.23. The zero-order chi connectivity index (χ0) is 13.1. The van der Waals surface area contributed by atoms with E-state index in [2.05, 4.69) is 28.5 Å². The molecule has 0 amide bonds. The molecule has 0 aliphatic rings. The number of hydrazone groups is 1. The number of nitrogens with one attached hydrogen (secondary N) is 2. The van der Waals surface area contributed by atoms with Crippen molar-refractivity contribution in [2.45, 2.75) is 0 Å². The zero-order valence-corrected chi connectivity index (χ0v) is 11.5. The smallest absolute Gasteiger partial charge is 0.187 e. The van der Waals surface area contributed by atoms with Crippen molar-refractivity contribution in [3.05, 3.63) is 53.3 Å². The molecule has 0 radical (unpaired) electrons. The van der Waals surface area contributed by atoms with E-state index in [-0.39, 0.29) is 0 Å². The van der Waals surface area contributed by atoms with Crippen molar-refractivity contribution in [2.75, 3.05) is 6.54 Å². The number of hydrogen-bond donors (Lipinski definition) is 2. The van der Waals surface area contributed by atoms with Gasteiger partial charge < -0.3 is 5.32 Å². The molecule has 3 nitrogen and oxygen atoms in total. The SMILES string of the molecule is C=CCNC(=S)N/N=C/C=C/C=C/c1cccs1. The molecule has 5 heteroatoms. The molecule has 0 aromatic carbocycles. The molecule has 94 valence electrons. The van der Waals surface area contributed by atoms with E-state index in [1.54, 1.807) is 23.6 Å². The second-order valence-corrected chi connectivity index (χ2v) is 4.54. The molecule has 0 aliphatic carbocycles. The summed E-state index contributed by atoms with van der Waals surface area (Å²) in [6.45, 7) is 4.20. The molecule has 0 bridgehead atoms. The Kier molecular flexibility index (Phi) is 7.43. The van der Waals surface area contributed by atoms with Gasteiger partial charge in [0.15, 0.2) is 5.11 Å². The molecule has 1 aromatic rings. The number of nitrogens with zero attached hydrogens (tertiary/aromatic N) is 1. The van der Waals surface area contributed by atoms with Gasteiger partial charge in [-0.1, -0.05) is 24.3 Å². The fourth-order valence-corrected chi connectivity index (χ4v) is 1.76. The summed E-state index contributed by atoms with van der Waals surface area (Å²) in [6, 6.07) is 4.09. The van der Waals surface area contributed by atoms with Gasteiger partial charge in [0.1, 0.15) is 0 Å². The summed E-state index contributed by atoms with van der Waals surface area (Å²) in [5.74, 6) is 0. The quantitative estimate of drug-likeness (QED) is 0.276. The minimum Gasteiger partial charge on any atom is -0.358 e. The van der Waals surface area contributed by atoms with Gasteiger partial charge in [-0.25, -0.2) is 0 Å². The van der Waals surface area contributed by atoms with Gasteiger partial charge in [0.05, 0.1) is 0 Å². The maximum atomic E-state index is 4.95. The lowest BCUT2D eigenvalue weighted by atomic mass is 10.4. The highest BCUT2D eigenvalue weighted by molar-refractivity contribution is 7.80. The van der Waals surface area contributed by atoms with Crippen LogP contribution >= 0.6 is 23.6 Å². The van der Waals surface area contributed by atoms with Crippen molar-refractivity contribution in [1.29, 1.82) is 0 Å². The summed E-state index contributed by atoms with van der Waals surface area (Å²) >= 11 is 6.66. The predicted octanol–water partition coefficient (Wildman–Crippen LogP) is 2.95. The molecule has 0 saturated carbocycles. The van der Waals surface area contributed by atoms with Crippen LogP contribution in [0.2, 0.25) is 0 Å². The first-order chi connectivity index (χ1) is 8.83. The highest BCUT2D eigenvalue weighted by atomic mass is 32.1. The first-order valence-electron chi connectivity index (χ1n) is 5.37. The molecule has 0 spiro atoms. The summed E-state index contributed by atoms with van der Waals surface area (Å²) in [6.07, 6.45) is 11.1. The van der Waals surface area contributed by atoms with Crippen molar-refractivity contribution >= 4 is 41.0 Å². The lowest BCUT2D eigenvalue weighted by molar-refractivity contribution is 0.942. The zero-order valence-electron chi connectivity index (χ0n) is 9.87. The van der Waals surface area contributed by atoms with Crippen LogP contribution in [0.1, 0.15) is 4.88 Å². The van der Waals surface area contributed by atoms with Gasteiger partial charge in [0.2, 0.25) is 0 Å². The third-order valence-corrected chi connectivity index (χ3v) is 2.83. The minimum absolute atomic E-state index is 0.480. The number of thiocarbonyl (C=S) groups is 1. The largest absolute Gasteiger partial charge is 0.358 e. The fraction of sp³-hybridized carbons (Fsp3) is 0.0769. The molecule has 0 saturated heterocycles. The fourth-order valence-electron chi connectivity index (χ4n) is 0.994. The van der Waals surface area contributed by atoms with Gasteiger partial charge in [-0.2, -0.15) is 5.10 Å². The summed E-state index contributed by atoms with van der Waals surface area (Å²) in [5, 5.41) is 9.36. The summed E-state index contributed by atoms with van der Waals surface area (Å²) < 4.78 is 0. The molecule has 0 unspecified atom stereocenters. The second kappa shape index (κ2) is 9.32. The van der Waals surface area contributed by atoms with Gasteiger partial charge in [-0.3, -0.25) is 5.43 Å². The Morgan fingerprint density at radius 1 is 1.44 bits per heavy atom. The van der Waals surface area contributed by atoms with Gasteiger partial charge in [0.25, 0.3) is 0 Å². The van der Waals surface area contributed by atoms with Crippen LogP contribution in [0, 0.1) is 0 Å². The highest BCUT2D eigenvalue weighted by Crippen LogP contribution is 2.09. The lowest BCUT2D eigenvalue weighted by Crippen LogP contribution is -2.31. The van der Waals surface area contributed by atoms with Crippen LogP contribution in [0.25, 0.3) is 6.08 Å². The van der Waals surface area contributed by atoms with E-state index in [0.29, 0.717) is 11.7 Å². The first-order valence-corrected chi connectivity index (χ1v) is 6.66. The number of rotatable bonds is 6. The standard InChI is InChI=1S/C13H15N3S2/c1-2-9-14-13(17)16-15-10-5-3-4-7-12-8-6-11-18-12/h2-8,10-11H,1,9H2,(H2,14,16,17)/b5-3+,7-4+,15-10+. The molecule has 0 atom stereocenters. The van der Waals surface area contributed by atoms with Gasteiger partial charge >= 0.3 is 0 Å². The van der Waals surface area contributed by atoms with Crippen LogP contribution in [-0.2, 0) is 0 Å². The first kappa shape index (κ1) is 14.3. The second-order valence-electron chi connectivity index (χ2n) is 3.15. The van der Waals surface area contributed by atoms with E-state index < -0.39 is 0 Å². The number of thiophene rings is 1.